The molecule has 0 aliphatic carbocycles. The maximum absolute atomic E-state index is 11.4. The van der Waals surface area contributed by atoms with E-state index in [1.807, 2.05) is 4.18 Å². The van der Waals surface area contributed by atoms with Crippen LogP contribution in [0.15, 0.2) is 0 Å². The summed E-state index contributed by atoms with van der Waals surface area (Å²) in [4.78, 5) is 0. The summed E-state index contributed by atoms with van der Waals surface area (Å²) < 4.78 is 104. The third-order valence-electron chi connectivity index (χ3n) is 0.800. The van der Waals surface area contributed by atoms with Gasteiger partial charge in [-0.25, -0.2) is 4.18 Å². The van der Waals surface area contributed by atoms with Crippen molar-refractivity contribution in [1.29, 1.82) is 0 Å². The minimum Gasteiger partial charge on any atom is -0.238 e. The van der Waals surface area contributed by atoms with Crippen molar-refractivity contribution < 1.29 is 42.2 Å². The molecule has 0 fully saturated rings. The molecule has 88 valence electrons. The standard InChI is InChI=1S/C3HF9OS/c4-2(5,6)1(3(7,8)9)13-14(10,11)12/h1H. The molecular formula is C3HF9OS. The highest BCUT2D eigenvalue weighted by molar-refractivity contribution is 8.16. The van der Waals surface area contributed by atoms with Gasteiger partial charge >= 0.3 is 23.8 Å². The summed E-state index contributed by atoms with van der Waals surface area (Å²) in [6.45, 7) is 0. The van der Waals surface area contributed by atoms with Gasteiger partial charge in [-0.2, -0.15) is 26.3 Å². The molecule has 0 saturated heterocycles. The lowest BCUT2D eigenvalue weighted by molar-refractivity contribution is -0.300. The van der Waals surface area contributed by atoms with Crippen LogP contribution in [0.1, 0.15) is 0 Å². The van der Waals surface area contributed by atoms with Gasteiger partial charge in [-0.05, 0) is 0 Å². The van der Waals surface area contributed by atoms with Crippen molar-refractivity contribution in [2.24, 2.45) is 0 Å². The Morgan fingerprint density at radius 1 is 0.786 bits per heavy atom. The third kappa shape index (κ3) is 4.79. The van der Waals surface area contributed by atoms with E-state index in [1.165, 1.54) is 0 Å². The van der Waals surface area contributed by atoms with Gasteiger partial charge in [0.15, 0.2) is 0 Å². The number of halogens is 9. The second-order valence-electron chi connectivity index (χ2n) is 1.92. The Morgan fingerprint density at radius 3 is 1.14 bits per heavy atom. The van der Waals surface area contributed by atoms with E-state index in [0.717, 1.165) is 0 Å². The van der Waals surface area contributed by atoms with Gasteiger partial charge in [-0.1, -0.05) is 11.7 Å². The van der Waals surface area contributed by atoms with Crippen LogP contribution in [0.4, 0.5) is 38.0 Å². The average molecular weight is 256 g/mol. The first-order valence-corrected chi connectivity index (χ1v) is 3.84. The summed E-state index contributed by atoms with van der Waals surface area (Å²) in [5.74, 6) is 0. The normalized spacial score (nSPS) is 16.1. The van der Waals surface area contributed by atoms with Gasteiger partial charge in [0.2, 0.25) is 0 Å². The Hall–Kier alpha value is -0.320. The molecule has 11 heteroatoms. The Labute approximate surface area is 73.2 Å². The van der Waals surface area contributed by atoms with Gasteiger partial charge in [0.25, 0.3) is 6.10 Å². The largest absolute Gasteiger partial charge is 0.425 e. The predicted octanol–water partition coefficient (Wildman–Crippen LogP) is 3.87. The number of rotatable bonds is 2. The summed E-state index contributed by atoms with van der Waals surface area (Å²) >= 11 is -6.83. The fourth-order valence-corrected chi connectivity index (χ4v) is 0.840. The molecule has 0 spiro atoms. The first kappa shape index (κ1) is 13.7. The average Bonchev–Trinajstić information content (AvgIpc) is 1.75. The molecule has 0 aromatic rings. The molecule has 0 rings (SSSR count). The van der Waals surface area contributed by atoms with Gasteiger partial charge < -0.3 is 0 Å². The van der Waals surface area contributed by atoms with E-state index in [9.17, 15) is 38.0 Å². The van der Waals surface area contributed by atoms with Gasteiger partial charge in [0, 0.05) is 0 Å². The van der Waals surface area contributed by atoms with Crippen molar-refractivity contribution in [3.8, 4) is 0 Å². The van der Waals surface area contributed by atoms with Crippen LogP contribution in [0.3, 0.4) is 0 Å². The summed E-state index contributed by atoms with van der Waals surface area (Å²) in [7, 11) is 0. The topological polar surface area (TPSA) is 9.23 Å². The minimum absolute atomic E-state index is 2.00. The smallest absolute Gasteiger partial charge is 0.238 e. The zero-order valence-corrected chi connectivity index (χ0v) is 6.61. The summed E-state index contributed by atoms with van der Waals surface area (Å²) in [5.41, 5.74) is 0. The second kappa shape index (κ2) is 3.68. The maximum Gasteiger partial charge on any atom is 0.425 e. The molecule has 0 aliphatic rings. The molecule has 14 heavy (non-hydrogen) atoms. The molecular weight excluding hydrogens is 255 g/mol. The first-order chi connectivity index (χ1) is 5.84. The zero-order valence-electron chi connectivity index (χ0n) is 5.80. The van der Waals surface area contributed by atoms with E-state index in [2.05, 4.69) is 0 Å². The van der Waals surface area contributed by atoms with Gasteiger partial charge in [0.05, 0.1) is 0 Å². The van der Waals surface area contributed by atoms with Gasteiger partial charge in [-0.15, -0.1) is 0 Å². The second-order valence-corrected chi connectivity index (χ2v) is 2.84. The molecule has 0 aromatic heterocycles. The molecule has 1 nitrogen and oxygen atoms in total. The van der Waals surface area contributed by atoms with E-state index < -0.39 is 29.9 Å². The van der Waals surface area contributed by atoms with Crippen LogP contribution >= 0.6 is 11.5 Å². The van der Waals surface area contributed by atoms with Crippen LogP contribution in [0.25, 0.3) is 0 Å². The van der Waals surface area contributed by atoms with Gasteiger partial charge in [-0.3, -0.25) is 0 Å². The van der Waals surface area contributed by atoms with E-state index >= 15 is 0 Å². The summed E-state index contributed by atoms with van der Waals surface area (Å²) in [6, 6.07) is 0. The third-order valence-corrected chi connectivity index (χ3v) is 1.21. The van der Waals surface area contributed by atoms with E-state index in [0.29, 0.717) is 0 Å². The molecule has 0 amide bonds. The molecule has 0 N–H and O–H groups in total. The van der Waals surface area contributed by atoms with Crippen molar-refractivity contribution >= 4 is 11.5 Å². The Balaban J connectivity index is 4.78. The molecule has 0 radical (unpaired) electrons. The summed E-state index contributed by atoms with van der Waals surface area (Å²) in [6.07, 6.45) is -17.1. The highest BCUT2D eigenvalue weighted by Crippen LogP contribution is 2.58. The minimum atomic E-state index is -6.83. The van der Waals surface area contributed by atoms with Crippen LogP contribution in [0.2, 0.25) is 0 Å². The Bertz CT molecular complexity index is 174. The van der Waals surface area contributed by atoms with Crippen molar-refractivity contribution in [3.05, 3.63) is 0 Å². The lowest BCUT2D eigenvalue weighted by Gasteiger charge is -2.24. The molecule has 0 saturated carbocycles. The van der Waals surface area contributed by atoms with E-state index in [4.69, 9.17) is 0 Å². The van der Waals surface area contributed by atoms with Crippen molar-refractivity contribution in [1.82, 2.24) is 0 Å². The predicted molar refractivity (Wildman–Crippen MR) is 27.9 cm³/mol. The fraction of sp³-hybridized carbons (Fsp3) is 1.00. The van der Waals surface area contributed by atoms with Crippen LogP contribution in [-0.2, 0) is 4.18 Å². The molecule has 0 atom stereocenters. The van der Waals surface area contributed by atoms with Gasteiger partial charge in [0.1, 0.15) is 0 Å². The van der Waals surface area contributed by atoms with Crippen LogP contribution in [0.5, 0.6) is 0 Å². The fourth-order valence-electron chi connectivity index (χ4n) is 0.404. The number of alkyl halides is 6. The first-order valence-electron chi connectivity index (χ1n) is 2.58. The van der Waals surface area contributed by atoms with Crippen molar-refractivity contribution in [2.45, 2.75) is 18.5 Å². The van der Waals surface area contributed by atoms with Crippen molar-refractivity contribution in [3.63, 3.8) is 0 Å². The Kier molecular flexibility index (Phi) is 3.60. The maximum atomic E-state index is 11.4. The highest BCUT2D eigenvalue weighted by atomic mass is 32.4. The monoisotopic (exact) mass is 256 g/mol. The quantitative estimate of drug-likeness (QED) is 0.681. The SMILES string of the molecule is FC(F)(F)C(OS(F)(F)F)C(F)(F)F. The molecule has 0 heterocycles. The molecule has 0 unspecified atom stereocenters. The van der Waals surface area contributed by atoms with E-state index in [-0.39, 0.29) is 0 Å². The lowest BCUT2D eigenvalue weighted by atomic mass is 10.3. The molecule has 0 aromatic carbocycles. The zero-order chi connectivity index (χ0) is 11.8. The highest BCUT2D eigenvalue weighted by Gasteiger charge is 2.61. The number of hydrogen-bond acceptors (Lipinski definition) is 1. The molecule has 0 bridgehead atoms. The van der Waals surface area contributed by atoms with Crippen LogP contribution < -0.4 is 0 Å². The summed E-state index contributed by atoms with van der Waals surface area (Å²) in [5, 5.41) is 0. The van der Waals surface area contributed by atoms with Crippen molar-refractivity contribution in [2.75, 3.05) is 0 Å². The van der Waals surface area contributed by atoms with Crippen LogP contribution in [0, 0.1) is 0 Å². The lowest BCUT2D eigenvalue weighted by Crippen LogP contribution is -2.43. The van der Waals surface area contributed by atoms with E-state index in [1.54, 1.807) is 0 Å². The Morgan fingerprint density at radius 2 is 1.07 bits per heavy atom. The number of hydrogen-bond donors (Lipinski definition) is 0. The molecule has 0 aliphatic heterocycles. The van der Waals surface area contributed by atoms with Crippen LogP contribution in [-0.4, -0.2) is 18.5 Å².